The number of halogens is 1. The summed E-state index contributed by atoms with van der Waals surface area (Å²) >= 11 is 8.79. The number of carbonyl (C=O) groups is 1. The second-order valence-corrected chi connectivity index (χ2v) is 8.62. The van der Waals surface area contributed by atoms with Crippen LogP contribution in [0.25, 0.3) is 17.0 Å². The molecule has 0 saturated heterocycles. The van der Waals surface area contributed by atoms with Crippen molar-refractivity contribution in [1.82, 2.24) is 29.8 Å². The van der Waals surface area contributed by atoms with E-state index >= 15 is 0 Å². The number of rotatable bonds is 7. The molecule has 4 rings (SSSR count). The van der Waals surface area contributed by atoms with Crippen LogP contribution in [0, 0.1) is 0 Å². The first-order valence-electron chi connectivity index (χ1n) is 9.03. The highest BCUT2D eigenvalue weighted by molar-refractivity contribution is 7.99. The van der Waals surface area contributed by atoms with Gasteiger partial charge in [0.2, 0.25) is 11.0 Å². The van der Waals surface area contributed by atoms with Crippen molar-refractivity contribution < 1.29 is 4.79 Å². The average Bonchev–Trinajstić information content (AvgIpc) is 3.32. The zero-order chi connectivity index (χ0) is 21.1. The molecule has 0 unspecified atom stereocenters. The fraction of sp³-hybridized carbons (Fsp3) is 0.222. The normalized spacial score (nSPS) is 11.1. The van der Waals surface area contributed by atoms with Crippen LogP contribution >= 0.6 is 34.7 Å². The SMILES string of the molecule is CCCc1nnc(NC(=O)CSc2nc(-c3ccccc3Cl)nc3cc(=O)[nH]n23)s1. The third kappa shape index (κ3) is 4.53. The zero-order valence-electron chi connectivity index (χ0n) is 15.8. The topological polar surface area (TPSA) is 118 Å². The van der Waals surface area contributed by atoms with Crippen LogP contribution in [0.15, 0.2) is 40.3 Å². The molecule has 3 aromatic heterocycles. The number of aromatic nitrogens is 6. The maximum absolute atomic E-state index is 12.4. The quantitative estimate of drug-likeness (QED) is 0.405. The van der Waals surface area contributed by atoms with Crippen LogP contribution in [0.2, 0.25) is 5.02 Å². The molecule has 0 spiro atoms. The van der Waals surface area contributed by atoms with Gasteiger partial charge < -0.3 is 0 Å². The predicted octanol–water partition coefficient (Wildman–Crippen LogP) is 3.27. The van der Waals surface area contributed by atoms with Crippen molar-refractivity contribution in [3.63, 3.8) is 0 Å². The van der Waals surface area contributed by atoms with E-state index in [0.717, 1.165) is 17.8 Å². The van der Waals surface area contributed by atoms with Crippen molar-refractivity contribution in [2.24, 2.45) is 0 Å². The number of hydrogen-bond donors (Lipinski definition) is 2. The number of carbonyl (C=O) groups excluding carboxylic acids is 1. The molecule has 0 atom stereocenters. The summed E-state index contributed by atoms with van der Waals surface area (Å²) in [5.74, 6) is 0.187. The van der Waals surface area contributed by atoms with Gasteiger partial charge in [-0.3, -0.25) is 20.0 Å². The van der Waals surface area contributed by atoms with Crippen LogP contribution in [0.1, 0.15) is 18.4 Å². The lowest BCUT2D eigenvalue weighted by Gasteiger charge is -2.08. The average molecular weight is 462 g/mol. The lowest BCUT2D eigenvalue weighted by atomic mass is 10.2. The Balaban J connectivity index is 1.56. The van der Waals surface area contributed by atoms with Crippen molar-refractivity contribution in [1.29, 1.82) is 0 Å². The van der Waals surface area contributed by atoms with Gasteiger partial charge in [-0.25, -0.2) is 14.5 Å². The number of anilines is 1. The molecule has 0 radical (unpaired) electrons. The maximum Gasteiger partial charge on any atom is 0.266 e. The summed E-state index contributed by atoms with van der Waals surface area (Å²) in [5.41, 5.74) is 0.712. The van der Waals surface area contributed by atoms with Crippen LogP contribution in [0.5, 0.6) is 0 Å². The Morgan fingerprint density at radius 2 is 2.13 bits per heavy atom. The van der Waals surface area contributed by atoms with E-state index in [1.54, 1.807) is 12.1 Å². The van der Waals surface area contributed by atoms with Crippen LogP contribution in [0.3, 0.4) is 0 Å². The van der Waals surface area contributed by atoms with Crippen LogP contribution in [-0.4, -0.2) is 41.4 Å². The van der Waals surface area contributed by atoms with E-state index < -0.39 is 0 Å². The Labute approximate surface area is 183 Å². The summed E-state index contributed by atoms with van der Waals surface area (Å²) < 4.78 is 1.45. The third-order valence-corrected chi connectivity index (χ3v) is 6.12. The largest absolute Gasteiger partial charge is 0.300 e. The smallest absolute Gasteiger partial charge is 0.266 e. The van der Waals surface area contributed by atoms with E-state index in [1.165, 1.54) is 33.7 Å². The number of H-pyrrole nitrogens is 1. The Hall–Kier alpha value is -2.76. The maximum atomic E-state index is 12.4. The van der Waals surface area contributed by atoms with Gasteiger partial charge in [0.05, 0.1) is 10.8 Å². The van der Waals surface area contributed by atoms with Crippen molar-refractivity contribution in [3.05, 3.63) is 50.7 Å². The molecule has 0 bridgehead atoms. The number of nitrogens with one attached hydrogen (secondary N) is 2. The minimum absolute atomic E-state index is 0.0664. The standard InChI is InChI=1S/C18H16ClN7O2S2/c1-2-5-15-23-24-17(30-15)21-14(28)9-29-18-22-16(10-6-3-4-7-11(10)19)20-12-8-13(27)25-26(12)18/h3-4,6-8H,2,5,9H2,1H3,(H,25,27)(H,21,24,28). The molecule has 4 aromatic rings. The molecule has 0 aliphatic heterocycles. The third-order valence-electron chi connectivity index (χ3n) is 3.95. The van der Waals surface area contributed by atoms with Gasteiger partial charge in [-0.05, 0) is 18.6 Å². The first-order valence-corrected chi connectivity index (χ1v) is 11.2. The van der Waals surface area contributed by atoms with Gasteiger partial charge in [0.1, 0.15) is 5.01 Å². The summed E-state index contributed by atoms with van der Waals surface area (Å²) in [5, 5.41) is 15.7. The second-order valence-electron chi connectivity index (χ2n) is 6.21. The van der Waals surface area contributed by atoms with E-state index in [-0.39, 0.29) is 17.2 Å². The highest BCUT2D eigenvalue weighted by atomic mass is 35.5. The number of thioether (sulfide) groups is 1. The monoisotopic (exact) mass is 461 g/mol. The first kappa shape index (κ1) is 20.5. The fourth-order valence-electron chi connectivity index (χ4n) is 2.65. The second kappa shape index (κ2) is 8.94. The fourth-order valence-corrected chi connectivity index (χ4v) is 4.48. The summed E-state index contributed by atoms with van der Waals surface area (Å²) in [4.78, 5) is 33.1. The highest BCUT2D eigenvalue weighted by Crippen LogP contribution is 2.27. The van der Waals surface area contributed by atoms with Gasteiger partial charge in [-0.2, -0.15) is 0 Å². The lowest BCUT2D eigenvalue weighted by Crippen LogP contribution is -2.15. The van der Waals surface area contributed by atoms with Crippen LogP contribution < -0.4 is 10.9 Å². The molecule has 0 aliphatic rings. The number of fused-ring (bicyclic) bond motifs is 1. The molecular weight excluding hydrogens is 446 g/mol. The number of amides is 1. The number of nitrogens with zero attached hydrogens (tertiary/aromatic N) is 5. The molecular formula is C18H16ClN7O2S2. The molecule has 0 saturated carbocycles. The number of aryl methyl sites for hydroxylation is 1. The molecule has 12 heteroatoms. The van der Waals surface area contributed by atoms with Gasteiger partial charge >= 0.3 is 0 Å². The summed E-state index contributed by atoms with van der Waals surface area (Å²) in [7, 11) is 0. The zero-order valence-corrected chi connectivity index (χ0v) is 18.1. The van der Waals surface area contributed by atoms with Gasteiger partial charge in [-0.1, -0.05) is 53.8 Å². The Kier molecular flexibility index (Phi) is 6.11. The highest BCUT2D eigenvalue weighted by Gasteiger charge is 2.15. The predicted molar refractivity (Wildman–Crippen MR) is 117 cm³/mol. The Morgan fingerprint density at radius 1 is 1.30 bits per heavy atom. The van der Waals surface area contributed by atoms with Gasteiger partial charge in [0, 0.05) is 18.1 Å². The summed E-state index contributed by atoms with van der Waals surface area (Å²) in [6.07, 6.45) is 1.79. The van der Waals surface area contributed by atoms with Crippen molar-refractivity contribution in [2.45, 2.75) is 24.9 Å². The number of benzene rings is 1. The molecule has 3 heterocycles. The van der Waals surface area contributed by atoms with E-state index in [9.17, 15) is 9.59 Å². The van der Waals surface area contributed by atoms with Crippen molar-refractivity contribution >= 4 is 51.4 Å². The lowest BCUT2D eigenvalue weighted by molar-refractivity contribution is -0.113. The van der Waals surface area contributed by atoms with Gasteiger partial charge in [-0.15, -0.1) is 10.2 Å². The molecule has 0 fully saturated rings. The Bertz CT molecular complexity index is 1270. The van der Waals surface area contributed by atoms with Crippen LogP contribution in [-0.2, 0) is 11.2 Å². The van der Waals surface area contributed by atoms with E-state index in [2.05, 4.69) is 37.5 Å². The molecule has 30 heavy (non-hydrogen) atoms. The number of aromatic amines is 1. The Morgan fingerprint density at radius 3 is 2.93 bits per heavy atom. The molecule has 2 N–H and O–H groups in total. The van der Waals surface area contributed by atoms with Gasteiger partial charge in [0.25, 0.3) is 5.56 Å². The van der Waals surface area contributed by atoms with Crippen LogP contribution in [0.4, 0.5) is 5.13 Å². The summed E-state index contributed by atoms with van der Waals surface area (Å²) in [6.45, 7) is 2.06. The molecule has 1 aromatic carbocycles. The minimum Gasteiger partial charge on any atom is -0.300 e. The molecule has 0 aliphatic carbocycles. The van der Waals surface area contributed by atoms with Crippen molar-refractivity contribution in [3.8, 4) is 11.4 Å². The molecule has 154 valence electrons. The van der Waals surface area contributed by atoms with E-state index in [1.807, 2.05) is 12.1 Å². The van der Waals surface area contributed by atoms with E-state index in [4.69, 9.17) is 11.6 Å². The van der Waals surface area contributed by atoms with E-state index in [0.29, 0.717) is 32.3 Å². The molecule has 9 nitrogen and oxygen atoms in total. The summed E-state index contributed by atoms with van der Waals surface area (Å²) in [6, 6.07) is 8.53. The van der Waals surface area contributed by atoms with Gasteiger partial charge in [0.15, 0.2) is 16.6 Å². The molecule has 1 amide bonds. The van der Waals surface area contributed by atoms with Crippen molar-refractivity contribution in [2.75, 3.05) is 11.1 Å². The minimum atomic E-state index is -0.316. The first-order chi connectivity index (χ1) is 14.5. The number of hydrogen-bond acceptors (Lipinski definition) is 8.